The third kappa shape index (κ3) is 4.00. The first-order chi connectivity index (χ1) is 14.4. The molecule has 0 unspecified atom stereocenters. The highest BCUT2D eigenvalue weighted by molar-refractivity contribution is 5.82. The third-order valence-electron chi connectivity index (χ3n) is 6.63. The smallest absolute Gasteiger partial charge is 0.223 e. The summed E-state index contributed by atoms with van der Waals surface area (Å²) in [5.74, 6) is 0.757. The van der Waals surface area contributed by atoms with Crippen LogP contribution in [0.2, 0.25) is 0 Å². The Hall–Kier alpha value is -2.62. The van der Waals surface area contributed by atoms with Crippen LogP contribution in [0.15, 0.2) is 37.1 Å². The van der Waals surface area contributed by atoms with Crippen LogP contribution in [0.5, 0.6) is 0 Å². The number of rotatable bonds is 4. The zero-order valence-electron chi connectivity index (χ0n) is 18.8. The van der Waals surface area contributed by atoms with Crippen molar-refractivity contribution in [1.29, 1.82) is 0 Å². The van der Waals surface area contributed by atoms with Crippen LogP contribution in [0, 0.1) is 6.92 Å². The van der Waals surface area contributed by atoms with E-state index >= 15 is 0 Å². The summed E-state index contributed by atoms with van der Waals surface area (Å²) in [5.41, 5.74) is 8.12. The van der Waals surface area contributed by atoms with Crippen molar-refractivity contribution in [2.75, 3.05) is 11.9 Å². The average molecular weight is 403 g/mol. The maximum atomic E-state index is 4.80. The van der Waals surface area contributed by atoms with Gasteiger partial charge in [-0.25, -0.2) is 9.97 Å². The molecule has 0 atom stereocenters. The SMILES string of the molecule is C=C1NCC(C)(C)c2cc(/C(=C/C)c3cnc(NC4CCCCC4)nc3C)ccc21. The van der Waals surface area contributed by atoms with Gasteiger partial charge in [0.25, 0.3) is 0 Å². The van der Waals surface area contributed by atoms with Crippen LogP contribution in [0.1, 0.15) is 80.8 Å². The number of hydrogen-bond acceptors (Lipinski definition) is 4. The summed E-state index contributed by atoms with van der Waals surface area (Å²) >= 11 is 0. The lowest BCUT2D eigenvalue weighted by molar-refractivity contribution is 0.460. The van der Waals surface area contributed by atoms with E-state index in [0.29, 0.717) is 6.04 Å². The number of nitrogens with one attached hydrogen (secondary N) is 2. The highest BCUT2D eigenvalue weighted by Crippen LogP contribution is 2.36. The molecule has 1 aliphatic carbocycles. The van der Waals surface area contributed by atoms with Crippen molar-refractivity contribution in [2.45, 2.75) is 71.3 Å². The van der Waals surface area contributed by atoms with Crippen molar-refractivity contribution < 1.29 is 0 Å². The van der Waals surface area contributed by atoms with Gasteiger partial charge in [0.15, 0.2) is 0 Å². The van der Waals surface area contributed by atoms with Gasteiger partial charge in [-0.2, -0.15) is 0 Å². The standard InChI is InChI=1S/C26H34N4/c1-6-21(19-12-13-22-17(2)28-16-26(4,5)24(22)14-19)23-15-27-25(29-18(23)3)30-20-10-8-7-9-11-20/h6,12-15,20,28H,2,7-11,16H2,1,3-5H3,(H,27,29,30)/b21-6-. The molecule has 0 radical (unpaired) electrons. The fourth-order valence-electron chi connectivity index (χ4n) is 4.76. The van der Waals surface area contributed by atoms with Gasteiger partial charge in [0, 0.05) is 41.0 Å². The molecule has 4 nitrogen and oxygen atoms in total. The topological polar surface area (TPSA) is 49.8 Å². The Morgan fingerprint density at radius 2 is 2.00 bits per heavy atom. The molecule has 1 fully saturated rings. The summed E-state index contributed by atoms with van der Waals surface area (Å²) in [6.07, 6.45) is 10.5. The third-order valence-corrected chi connectivity index (χ3v) is 6.63. The van der Waals surface area contributed by atoms with E-state index in [1.165, 1.54) is 54.4 Å². The molecule has 1 aromatic carbocycles. The van der Waals surface area contributed by atoms with Gasteiger partial charge in [-0.3, -0.25) is 0 Å². The van der Waals surface area contributed by atoms with Crippen LogP contribution in [0.25, 0.3) is 11.3 Å². The van der Waals surface area contributed by atoms with Gasteiger partial charge in [0.2, 0.25) is 5.95 Å². The molecule has 4 heteroatoms. The average Bonchev–Trinajstić information content (AvgIpc) is 2.74. The van der Waals surface area contributed by atoms with Gasteiger partial charge in [-0.1, -0.05) is 57.9 Å². The lowest BCUT2D eigenvalue weighted by atomic mass is 9.77. The zero-order valence-corrected chi connectivity index (χ0v) is 18.8. The van der Waals surface area contributed by atoms with Crippen molar-refractivity contribution in [2.24, 2.45) is 0 Å². The van der Waals surface area contributed by atoms with Crippen molar-refractivity contribution in [3.05, 3.63) is 65.0 Å². The maximum absolute atomic E-state index is 4.80. The van der Waals surface area contributed by atoms with Crippen LogP contribution < -0.4 is 10.6 Å². The molecule has 0 bridgehead atoms. The first-order valence-electron chi connectivity index (χ1n) is 11.2. The molecular formula is C26H34N4. The molecule has 0 amide bonds. The first-order valence-corrected chi connectivity index (χ1v) is 11.2. The number of aryl methyl sites for hydroxylation is 1. The summed E-state index contributed by atoms with van der Waals surface area (Å²) in [6.45, 7) is 13.8. The van der Waals surface area contributed by atoms with E-state index in [9.17, 15) is 0 Å². The highest BCUT2D eigenvalue weighted by atomic mass is 15.1. The number of benzene rings is 1. The van der Waals surface area contributed by atoms with E-state index in [4.69, 9.17) is 4.98 Å². The van der Waals surface area contributed by atoms with Crippen molar-refractivity contribution >= 4 is 17.2 Å². The van der Waals surface area contributed by atoms with Gasteiger partial charge >= 0.3 is 0 Å². The predicted molar refractivity (Wildman–Crippen MR) is 127 cm³/mol. The quantitative estimate of drug-likeness (QED) is 0.675. The van der Waals surface area contributed by atoms with Crippen LogP contribution >= 0.6 is 0 Å². The minimum Gasteiger partial charge on any atom is -0.384 e. The number of hydrogen-bond donors (Lipinski definition) is 2. The Bertz CT molecular complexity index is 981. The van der Waals surface area contributed by atoms with Crippen LogP contribution in [-0.2, 0) is 5.41 Å². The molecule has 2 aliphatic rings. The van der Waals surface area contributed by atoms with E-state index in [2.05, 4.69) is 74.2 Å². The molecule has 2 heterocycles. The molecule has 30 heavy (non-hydrogen) atoms. The molecule has 2 N–H and O–H groups in total. The van der Waals surface area contributed by atoms with Crippen molar-refractivity contribution in [1.82, 2.24) is 15.3 Å². The van der Waals surface area contributed by atoms with E-state index in [0.717, 1.165) is 29.4 Å². The second-order valence-electron chi connectivity index (χ2n) is 9.35. The molecule has 158 valence electrons. The Labute approximate surface area is 180 Å². The largest absolute Gasteiger partial charge is 0.384 e. The Morgan fingerprint density at radius 1 is 1.23 bits per heavy atom. The molecular weight excluding hydrogens is 368 g/mol. The van der Waals surface area contributed by atoms with E-state index in [1.807, 2.05) is 6.20 Å². The molecule has 1 saturated carbocycles. The molecule has 2 aromatic rings. The molecule has 0 spiro atoms. The number of allylic oxidation sites excluding steroid dienone is 1. The number of nitrogens with zero attached hydrogens (tertiary/aromatic N) is 2. The Balaban J connectivity index is 1.64. The lowest BCUT2D eigenvalue weighted by Gasteiger charge is -2.35. The summed E-state index contributed by atoms with van der Waals surface area (Å²) in [5, 5.41) is 6.98. The van der Waals surface area contributed by atoms with Gasteiger partial charge < -0.3 is 10.6 Å². The van der Waals surface area contributed by atoms with E-state index < -0.39 is 0 Å². The first kappa shape index (κ1) is 20.6. The number of aromatic nitrogens is 2. The van der Waals surface area contributed by atoms with Crippen molar-refractivity contribution in [3.8, 4) is 0 Å². The van der Waals surface area contributed by atoms with Gasteiger partial charge in [-0.05, 0) is 49.5 Å². The van der Waals surface area contributed by atoms with Crippen LogP contribution in [-0.4, -0.2) is 22.6 Å². The van der Waals surface area contributed by atoms with Gasteiger partial charge in [0.05, 0.1) is 5.69 Å². The summed E-state index contributed by atoms with van der Waals surface area (Å²) in [4.78, 5) is 9.47. The van der Waals surface area contributed by atoms with Crippen LogP contribution in [0.3, 0.4) is 0 Å². The van der Waals surface area contributed by atoms with Crippen molar-refractivity contribution in [3.63, 3.8) is 0 Å². The lowest BCUT2D eigenvalue weighted by Crippen LogP contribution is -2.37. The summed E-state index contributed by atoms with van der Waals surface area (Å²) in [6, 6.07) is 7.22. The predicted octanol–water partition coefficient (Wildman–Crippen LogP) is 5.83. The fourth-order valence-corrected chi connectivity index (χ4v) is 4.76. The highest BCUT2D eigenvalue weighted by Gasteiger charge is 2.29. The molecule has 1 aliphatic heterocycles. The Kier molecular flexibility index (Phi) is 5.68. The van der Waals surface area contributed by atoms with Gasteiger partial charge in [0.1, 0.15) is 0 Å². The van der Waals surface area contributed by atoms with Gasteiger partial charge in [-0.15, -0.1) is 0 Å². The molecule has 0 saturated heterocycles. The molecule has 1 aromatic heterocycles. The number of fused-ring (bicyclic) bond motifs is 1. The summed E-state index contributed by atoms with van der Waals surface area (Å²) in [7, 11) is 0. The Morgan fingerprint density at radius 3 is 2.70 bits per heavy atom. The second kappa shape index (κ2) is 8.25. The second-order valence-corrected chi connectivity index (χ2v) is 9.35. The fraction of sp³-hybridized carbons (Fsp3) is 0.462. The van der Waals surface area contributed by atoms with Crippen LogP contribution in [0.4, 0.5) is 5.95 Å². The molecule has 4 rings (SSSR count). The van der Waals surface area contributed by atoms with E-state index in [-0.39, 0.29) is 5.41 Å². The zero-order chi connectivity index (χ0) is 21.3. The monoisotopic (exact) mass is 402 g/mol. The summed E-state index contributed by atoms with van der Waals surface area (Å²) < 4.78 is 0. The number of anilines is 1. The normalized spacial score (nSPS) is 19.2. The minimum atomic E-state index is 0.0602. The minimum absolute atomic E-state index is 0.0602. The van der Waals surface area contributed by atoms with E-state index in [1.54, 1.807) is 0 Å². The maximum Gasteiger partial charge on any atom is 0.223 e.